The van der Waals surface area contributed by atoms with Crippen LogP contribution in [0.5, 0.6) is 0 Å². The zero-order valence-corrected chi connectivity index (χ0v) is 40.5. The van der Waals surface area contributed by atoms with Crippen molar-refractivity contribution in [1.29, 1.82) is 0 Å². The van der Waals surface area contributed by atoms with Crippen molar-refractivity contribution in [2.45, 2.75) is 191 Å². The average molecular weight is 1020 g/mol. The van der Waals surface area contributed by atoms with Crippen molar-refractivity contribution in [3.8, 4) is 0 Å². The molecule has 0 aromatic rings. The van der Waals surface area contributed by atoms with Gasteiger partial charge >= 0.3 is 0 Å². The van der Waals surface area contributed by atoms with E-state index in [0.29, 0.717) is 12.8 Å². The van der Waals surface area contributed by atoms with Crippen molar-refractivity contribution in [2.75, 3.05) is 46.2 Å². The number of aliphatic hydroxyl groups excluding tert-OH is 18. The number of unbranched alkanes of at least 4 members (excludes halogenated alkanes) is 12. The van der Waals surface area contributed by atoms with E-state index in [9.17, 15) is 81.7 Å². The van der Waals surface area contributed by atoms with E-state index in [1.54, 1.807) is 0 Å². The first kappa shape index (κ1) is 66.7. The Kier molecular flexibility index (Phi) is 38.3. The molecule has 0 amide bonds. The van der Waals surface area contributed by atoms with Gasteiger partial charge in [-0.2, -0.15) is 5.48 Å². The summed E-state index contributed by atoms with van der Waals surface area (Å²) in [6, 6.07) is 0. The van der Waals surface area contributed by atoms with Crippen LogP contribution in [0, 0.1) is 0 Å². The van der Waals surface area contributed by atoms with E-state index in [2.05, 4.69) is 19.3 Å². The molecule has 414 valence electrons. The topological polar surface area (TPSA) is 432 Å². The molecule has 0 bridgehead atoms. The van der Waals surface area contributed by atoms with E-state index in [-0.39, 0.29) is 13.2 Å². The summed E-state index contributed by atoms with van der Waals surface area (Å²) in [6.45, 7) is 0.915. The van der Waals surface area contributed by atoms with Gasteiger partial charge in [-0.05, 0) is 12.8 Å². The molecular weight excluding hydrogens is 938 g/mol. The van der Waals surface area contributed by atoms with Crippen molar-refractivity contribution < 1.29 is 120 Å². The van der Waals surface area contributed by atoms with Crippen molar-refractivity contribution >= 4 is 0 Å². The van der Waals surface area contributed by atoms with Crippen LogP contribution >= 0.6 is 0 Å². The van der Waals surface area contributed by atoms with Crippen LogP contribution in [0.4, 0.5) is 0 Å². The number of nitrogens with one attached hydrogen (secondary N) is 1. The summed E-state index contributed by atoms with van der Waals surface area (Å²) in [7, 11) is 0. The Morgan fingerprint density at radius 3 is 1.13 bits per heavy atom. The lowest BCUT2D eigenvalue weighted by atomic mass is 10.1. The summed E-state index contributed by atoms with van der Waals surface area (Å²) in [4.78, 5) is 5.61. The summed E-state index contributed by atoms with van der Waals surface area (Å²) < 4.78 is 27.3. The van der Waals surface area contributed by atoms with E-state index in [1.807, 2.05) is 0 Å². The molecule has 0 aliphatic rings. The average Bonchev–Trinajstić information content (AvgIpc) is 3.34. The highest BCUT2D eigenvalue weighted by atomic mass is 16.7. The Morgan fingerprint density at radius 1 is 0.386 bits per heavy atom. The second-order valence-electron chi connectivity index (χ2n) is 16.3. The Bertz CT molecular complexity index is 1360. The summed E-state index contributed by atoms with van der Waals surface area (Å²) in [5.74, 6) is -10.5. The van der Waals surface area contributed by atoms with Gasteiger partial charge in [-0.3, -0.25) is 4.84 Å². The lowest BCUT2D eigenvalue weighted by molar-refractivity contribution is -0.251. The van der Waals surface area contributed by atoms with Crippen LogP contribution in [0.25, 0.3) is 0 Å². The van der Waals surface area contributed by atoms with Gasteiger partial charge in [0.25, 0.3) is 0 Å². The summed E-state index contributed by atoms with van der Waals surface area (Å²) in [6.07, 6.45) is -10.8. The molecule has 25 heteroatoms. The molecule has 0 aromatic carbocycles. The third-order valence-corrected chi connectivity index (χ3v) is 10.5. The highest BCUT2D eigenvalue weighted by Crippen LogP contribution is 2.24. The van der Waals surface area contributed by atoms with E-state index in [4.69, 9.17) is 38.7 Å². The number of hydrogen-bond donors (Lipinski definition) is 19. The van der Waals surface area contributed by atoms with Gasteiger partial charge in [-0.1, -0.05) is 90.9 Å². The van der Waals surface area contributed by atoms with Gasteiger partial charge in [0.15, 0.2) is 52.3 Å². The molecule has 0 spiro atoms. The van der Waals surface area contributed by atoms with Crippen LogP contribution in [0.1, 0.15) is 129 Å². The molecular formula is C45H85NO24. The Morgan fingerprint density at radius 2 is 0.729 bits per heavy atom. The Hall–Kier alpha value is -3.32. The fraction of sp³-hybridized carbons (Fsp3) is 0.822. The van der Waals surface area contributed by atoms with E-state index in [1.165, 1.54) is 0 Å². The van der Waals surface area contributed by atoms with E-state index < -0.39 is 167 Å². The first-order chi connectivity index (χ1) is 33.4. The van der Waals surface area contributed by atoms with Gasteiger partial charge < -0.3 is 116 Å². The van der Waals surface area contributed by atoms with Crippen molar-refractivity contribution in [2.24, 2.45) is 0 Å². The van der Waals surface area contributed by atoms with Crippen LogP contribution in [-0.4, -0.2) is 200 Å². The molecule has 0 rings (SSSR count). The maximum Gasteiger partial charge on any atom is 0.219 e. The molecule has 19 N–H and O–H groups in total. The predicted octanol–water partition coefficient (Wildman–Crippen LogP) is 2.36. The standard InChI is InChI=1S/C45H85NO24/c1-3-5-7-9-11-13-15-25-65-27-32(69-44(63)39(59)35(55)30(19-23-49)67-42(61)37(57)33(53)28(51)17-21-47)41(46-66-26-16-14-12-10-8-6-4-2)70-45(64)40(60)36(56)31(20-24-50)68-43(62)38(58)34(54)29(52)18-22-48/h28-32,41-64H,3-27H2,1-2H3/b37-33-,38-34-,39-35-,40-36-/t28-,29-,30-,31-,32-,41+,42-,43-,44+,45+/m1/s1. The largest absolute Gasteiger partial charge is 0.506 e. The molecule has 0 saturated heterocycles. The zero-order valence-electron chi connectivity index (χ0n) is 40.5. The van der Waals surface area contributed by atoms with Crippen LogP contribution in [0.2, 0.25) is 0 Å². The maximum atomic E-state index is 11.2. The summed E-state index contributed by atoms with van der Waals surface area (Å²) >= 11 is 0. The molecule has 0 unspecified atom stereocenters. The zero-order chi connectivity index (χ0) is 53.0. The number of rotatable bonds is 45. The molecule has 0 saturated carbocycles. The Labute approximate surface area is 409 Å². The molecule has 10 atom stereocenters. The normalized spacial score (nSPS) is 18.1. The molecule has 0 aromatic heterocycles. The molecule has 70 heavy (non-hydrogen) atoms. The number of hydrogen-bond acceptors (Lipinski definition) is 25. The SMILES string of the molecule is CCCCCCCCCOC[C@@H](O[C@H](O)/C(O)=C(/O)[C@@H](CCO)O[C@@H](O)/C(O)=C(/O)[C@H](O)CCO)[C@@H](NOCCCCCCCCC)O[C@H](O)/C(O)=C(/O)[C@@H](CCO)O[C@@H](O)/C(O)=C(/O)[C@H](O)CCO. The van der Waals surface area contributed by atoms with Gasteiger partial charge in [-0.15, -0.1) is 0 Å². The molecule has 0 radical (unpaired) electrons. The fourth-order valence-corrected chi connectivity index (χ4v) is 6.36. The van der Waals surface area contributed by atoms with E-state index >= 15 is 0 Å². The lowest BCUT2D eigenvalue weighted by Crippen LogP contribution is -2.50. The second kappa shape index (κ2) is 40.2. The highest BCUT2D eigenvalue weighted by molar-refractivity contribution is 5.11. The van der Waals surface area contributed by atoms with Crippen molar-refractivity contribution in [3.63, 3.8) is 0 Å². The second-order valence-corrected chi connectivity index (χ2v) is 16.3. The van der Waals surface area contributed by atoms with Gasteiger partial charge in [-0.25, -0.2) is 0 Å². The highest BCUT2D eigenvalue weighted by Gasteiger charge is 2.36. The van der Waals surface area contributed by atoms with Gasteiger partial charge in [0, 0.05) is 58.7 Å². The summed E-state index contributed by atoms with van der Waals surface area (Å²) in [5, 5.41) is 185. The lowest BCUT2D eigenvalue weighted by Gasteiger charge is -2.31. The van der Waals surface area contributed by atoms with Crippen LogP contribution in [0.3, 0.4) is 0 Å². The fourth-order valence-electron chi connectivity index (χ4n) is 6.36. The third kappa shape index (κ3) is 26.9. The first-order valence-electron chi connectivity index (χ1n) is 23.9. The number of ether oxygens (including phenoxy) is 5. The number of hydroxylamine groups is 1. The van der Waals surface area contributed by atoms with Gasteiger partial charge in [0.05, 0.1) is 13.2 Å². The maximum absolute atomic E-state index is 11.2. The van der Waals surface area contributed by atoms with Gasteiger partial charge in [0.2, 0.25) is 25.2 Å². The smallest absolute Gasteiger partial charge is 0.219 e. The molecule has 0 aliphatic heterocycles. The van der Waals surface area contributed by atoms with E-state index in [0.717, 1.165) is 77.0 Å². The molecule has 25 nitrogen and oxygen atoms in total. The van der Waals surface area contributed by atoms with Gasteiger partial charge in [0.1, 0.15) is 30.5 Å². The van der Waals surface area contributed by atoms with Crippen LogP contribution in [-0.2, 0) is 28.5 Å². The minimum atomic E-state index is -2.59. The Balaban J connectivity index is 7.00. The molecule has 0 fully saturated rings. The van der Waals surface area contributed by atoms with Crippen molar-refractivity contribution in [3.05, 3.63) is 46.1 Å². The van der Waals surface area contributed by atoms with Crippen molar-refractivity contribution in [1.82, 2.24) is 5.48 Å². The summed E-state index contributed by atoms with van der Waals surface area (Å²) in [5.41, 5.74) is 2.48. The number of aliphatic hydroxyl groups is 18. The molecule has 0 heterocycles. The first-order valence-corrected chi connectivity index (χ1v) is 23.9. The quantitative estimate of drug-likeness (QED) is 0.0180. The van der Waals surface area contributed by atoms with Crippen LogP contribution in [0.15, 0.2) is 46.1 Å². The van der Waals surface area contributed by atoms with Crippen LogP contribution < -0.4 is 5.48 Å². The monoisotopic (exact) mass is 1020 g/mol. The minimum absolute atomic E-state index is 0.0223. The third-order valence-electron chi connectivity index (χ3n) is 10.5. The molecule has 0 aliphatic carbocycles. The minimum Gasteiger partial charge on any atom is -0.506 e. The predicted molar refractivity (Wildman–Crippen MR) is 247 cm³/mol.